The maximum Gasteiger partial charge on any atom is 0.360 e. The number of ether oxygens (including phenoxy) is 1. The molecule has 0 aromatic carbocycles. The molecule has 7 nitrogen and oxygen atoms in total. The Kier molecular flexibility index (Phi) is 3.41. The van der Waals surface area contributed by atoms with E-state index in [0.717, 1.165) is 24.2 Å². The molecule has 0 amide bonds. The molecule has 20 heavy (non-hydrogen) atoms. The molecule has 7 heteroatoms. The molecule has 1 fully saturated rings. The first kappa shape index (κ1) is 12.7. The number of esters is 1. The van der Waals surface area contributed by atoms with Crippen LogP contribution in [-0.4, -0.2) is 37.5 Å². The molecule has 3 rings (SSSR count). The highest BCUT2D eigenvalue weighted by Gasteiger charge is 2.34. The molecule has 1 saturated carbocycles. The van der Waals surface area contributed by atoms with Crippen LogP contribution in [0.2, 0.25) is 0 Å². The van der Waals surface area contributed by atoms with E-state index < -0.39 is 5.97 Å². The predicted molar refractivity (Wildman–Crippen MR) is 69.1 cm³/mol. The maximum absolute atomic E-state index is 11.9. The normalized spacial score (nSPS) is 14.2. The average molecular weight is 273 g/mol. The van der Waals surface area contributed by atoms with Gasteiger partial charge in [0.1, 0.15) is 0 Å². The quantitative estimate of drug-likeness (QED) is 0.760. The van der Waals surface area contributed by atoms with Crippen molar-refractivity contribution in [2.24, 2.45) is 0 Å². The van der Waals surface area contributed by atoms with E-state index in [1.165, 1.54) is 0 Å². The molecule has 0 radical (unpaired) electrons. The molecule has 0 N–H and O–H groups in total. The third-order valence-corrected chi connectivity index (χ3v) is 3.13. The summed E-state index contributed by atoms with van der Waals surface area (Å²) < 4.78 is 6.76. The first-order valence-electron chi connectivity index (χ1n) is 6.65. The largest absolute Gasteiger partial charge is 0.461 e. The van der Waals surface area contributed by atoms with Crippen LogP contribution in [0.1, 0.15) is 47.6 Å². The molecular formula is C13H15N5O2. The third-order valence-electron chi connectivity index (χ3n) is 3.13. The number of nitrogens with zero attached hydrogens (tertiary/aromatic N) is 5. The number of carbonyl (C=O) groups is 1. The second-order valence-electron chi connectivity index (χ2n) is 4.67. The Morgan fingerprint density at radius 2 is 2.30 bits per heavy atom. The zero-order valence-electron chi connectivity index (χ0n) is 11.2. The summed E-state index contributed by atoms with van der Waals surface area (Å²) in [6, 6.07) is 0. The maximum atomic E-state index is 11.9. The summed E-state index contributed by atoms with van der Waals surface area (Å²) in [6.45, 7) is 2.57. The van der Waals surface area contributed by atoms with Gasteiger partial charge in [0, 0.05) is 18.3 Å². The fraction of sp³-hybridized carbons (Fsp3) is 0.462. The van der Waals surface area contributed by atoms with Gasteiger partial charge in [-0.3, -0.25) is 9.97 Å². The molecule has 0 saturated heterocycles. The predicted octanol–water partition coefficient (Wildman–Crippen LogP) is 1.17. The average Bonchev–Trinajstić information content (AvgIpc) is 3.21. The molecule has 104 valence electrons. The topological polar surface area (TPSA) is 82.8 Å². The summed E-state index contributed by atoms with van der Waals surface area (Å²) in [5, 5.41) is 8.06. The molecular weight excluding hydrogens is 258 g/mol. The van der Waals surface area contributed by atoms with Gasteiger partial charge < -0.3 is 4.74 Å². The lowest BCUT2D eigenvalue weighted by Crippen LogP contribution is -2.11. The second-order valence-corrected chi connectivity index (χ2v) is 4.67. The lowest BCUT2D eigenvalue weighted by Gasteiger charge is -2.06. The summed E-state index contributed by atoms with van der Waals surface area (Å²) in [5.74, 6) is -0.0547. The summed E-state index contributed by atoms with van der Waals surface area (Å²) in [4.78, 5) is 20.1. The smallest absolute Gasteiger partial charge is 0.360 e. The highest BCUT2D eigenvalue weighted by molar-refractivity contribution is 5.88. The number of hydrogen-bond donors (Lipinski definition) is 0. The second kappa shape index (κ2) is 5.36. The van der Waals surface area contributed by atoms with Crippen LogP contribution in [0.5, 0.6) is 0 Å². The van der Waals surface area contributed by atoms with E-state index in [4.69, 9.17) is 4.74 Å². The number of aromatic nitrogens is 5. The number of hydrogen-bond acceptors (Lipinski definition) is 6. The van der Waals surface area contributed by atoms with Crippen LogP contribution >= 0.6 is 0 Å². The molecule has 0 bridgehead atoms. The fourth-order valence-electron chi connectivity index (χ4n) is 2.11. The Morgan fingerprint density at radius 3 is 2.95 bits per heavy atom. The van der Waals surface area contributed by atoms with Crippen LogP contribution in [0.25, 0.3) is 0 Å². The van der Waals surface area contributed by atoms with E-state index in [9.17, 15) is 4.79 Å². The third kappa shape index (κ3) is 2.52. The molecule has 2 aromatic heterocycles. The minimum atomic E-state index is -0.403. The minimum absolute atomic E-state index is 0.332. The van der Waals surface area contributed by atoms with Gasteiger partial charge in [0.25, 0.3) is 0 Å². The van der Waals surface area contributed by atoms with Crippen LogP contribution in [0.15, 0.2) is 18.6 Å². The first-order valence-corrected chi connectivity index (χ1v) is 6.65. The van der Waals surface area contributed by atoms with Gasteiger partial charge in [0.15, 0.2) is 5.69 Å². The lowest BCUT2D eigenvalue weighted by molar-refractivity contribution is 0.0518. The summed E-state index contributed by atoms with van der Waals surface area (Å²) >= 11 is 0. The van der Waals surface area contributed by atoms with Gasteiger partial charge in [0.05, 0.1) is 30.7 Å². The van der Waals surface area contributed by atoms with E-state index in [2.05, 4.69) is 20.3 Å². The molecule has 1 aliphatic rings. The van der Waals surface area contributed by atoms with Gasteiger partial charge >= 0.3 is 5.97 Å². The monoisotopic (exact) mass is 273 g/mol. The minimum Gasteiger partial charge on any atom is -0.461 e. The van der Waals surface area contributed by atoms with E-state index in [1.54, 1.807) is 30.2 Å². The molecule has 2 heterocycles. The number of rotatable bonds is 5. The molecule has 0 unspecified atom stereocenters. The van der Waals surface area contributed by atoms with Gasteiger partial charge in [-0.25, -0.2) is 9.48 Å². The van der Waals surface area contributed by atoms with E-state index in [-0.39, 0.29) is 0 Å². The van der Waals surface area contributed by atoms with E-state index in [0.29, 0.717) is 24.8 Å². The Bertz CT molecular complexity index is 606. The Hall–Kier alpha value is -2.31. The molecule has 0 spiro atoms. The standard InChI is InChI=1S/C13H15N5O2/c1-2-20-13(19)11-12(9-3-4-9)18(17-16-11)8-10-7-14-5-6-15-10/h5-7,9H,2-4,8H2,1H3. The van der Waals surface area contributed by atoms with Crippen molar-refractivity contribution in [2.45, 2.75) is 32.2 Å². The Labute approximate surface area is 116 Å². The SMILES string of the molecule is CCOC(=O)c1nnn(Cc2cnccn2)c1C1CC1. The molecule has 2 aromatic rings. The van der Waals surface area contributed by atoms with Gasteiger partial charge in [-0.15, -0.1) is 5.10 Å². The van der Waals surface area contributed by atoms with E-state index >= 15 is 0 Å². The summed E-state index contributed by atoms with van der Waals surface area (Å²) in [5.41, 5.74) is 1.97. The van der Waals surface area contributed by atoms with Crippen molar-refractivity contribution in [1.29, 1.82) is 0 Å². The van der Waals surface area contributed by atoms with Crippen LogP contribution in [-0.2, 0) is 11.3 Å². The van der Waals surface area contributed by atoms with Crippen molar-refractivity contribution >= 4 is 5.97 Å². The fourth-order valence-corrected chi connectivity index (χ4v) is 2.11. The van der Waals surface area contributed by atoms with Crippen molar-refractivity contribution in [3.8, 4) is 0 Å². The molecule has 1 aliphatic carbocycles. The van der Waals surface area contributed by atoms with Crippen molar-refractivity contribution < 1.29 is 9.53 Å². The highest BCUT2D eigenvalue weighted by atomic mass is 16.5. The molecule has 0 atom stereocenters. The number of carbonyl (C=O) groups excluding carboxylic acids is 1. The van der Waals surface area contributed by atoms with Gasteiger partial charge in [-0.05, 0) is 19.8 Å². The molecule has 0 aliphatic heterocycles. The Balaban J connectivity index is 1.89. The Morgan fingerprint density at radius 1 is 1.45 bits per heavy atom. The zero-order chi connectivity index (χ0) is 13.9. The van der Waals surface area contributed by atoms with Gasteiger partial charge in [-0.2, -0.15) is 0 Å². The van der Waals surface area contributed by atoms with Crippen molar-refractivity contribution in [3.05, 3.63) is 35.7 Å². The van der Waals surface area contributed by atoms with Crippen LogP contribution < -0.4 is 0 Å². The summed E-state index contributed by atoms with van der Waals surface area (Å²) in [7, 11) is 0. The van der Waals surface area contributed by atoms with Crippen LogP contribution in [0.4, 0.5) is 0 Å². The van der Waals surface area contributed by atoms with Crippen molar-refractivity contribution in [1.82, 2.24) is 25.0 Å². The van der Waals surface area contributed by atoms with Gasteiger partial charge in [-0.1, -0.05) is 5.21 Å². The van der Waals surface area contributed by atoms with Crippen molar-refractivity contribution in [2.75, 3.05) is 6.61 Å². The lowest BCUT2D eigenvalue weighted by atomic mass is 10.2. The first-order chi connectivity index (χ1) is 9.79. The van der Waals surface area contributed by atoms with E-state index in [1.807, 2.05) is 0 Å². The van der Waals surface area contributed by atoms with Crippen LogP contribution in [0, 0.1) is 0 Å². The zero-order valence-corrected chi connectivity index (χ0v) is 11.2. The van der Waals surface area contributed by atoms with Crippen LogP contribution in [0.3, 0.4) is 0 Å². The van der Waals surface area contributed by atoms with Gasteiger partial charge in [0.2, 0.25) is 0 Å². The van der Waals surface area contributed by atoms with Crippen molar-refractivity contribution in [3.63, 3.8) is 0 Å². The summed E-state index contributed by atoms with van der Waals surface area (Å²) in [6.07, 6.45) is 7.05. The highest BCUT2D eigenvalue weighted by Crippen LogP contribution is 2.41.